The number of nitriles is 1. The first-order valence-corrected chi connectivity index (χ1v) is 10.3. The van der Waals surface area contributed by atoms with Gasteiger partial charge < -0.3 is 4.74 Å². The van der Waals surface area contributed by atoms with Crippen molar-refractivity contribution in [1.29, 1.82) is 5.26 Å². The molecule has 3 aromatic rings. The lowest BCUT2D eigenvalue weighted by Crippen LogP contribution is -2.53. The maximum atomic E-state index is 12.6. The summed E-state index contributed by atoms with van der Waals surface area (Å²) < 4.78 is 5.05. The highest BCUT2D eigenvalue weighted by molar-refractivity contribution is 8.03. The third-order valence-corrected chi connectivity index (χ3v) is 5.98. The third kappa shape index (κ3) is 3.21. The number of benzene rings is 3. The second-order valence-electron chi connectivity index (χ2n) is 6.83. The molecule has 0 unspecified atom stereocenters. The summed E-state index contributed by atoms with van der Waals surface area (Å²) in [4.78, 5) is 12.6. The van der Waals surface area contributed by atoms with E-state index in [1.54, 1.807) is 0 Å². The molecule has 1 aliphatic carbocycles. The molecule has 3 aromatic carbocycles. The fourth-order valence-electron chi connectivity index (χ4n) is 4.17. The van der Waals surface area contributed by atoms with Crippen LogP contribution >= 0.6 is 11.8 Å². The second kappa shape index (κ2) is 8.12. The topological polar surface area (TPSA) is 62.1 Å². The predicted molar refractivity (Wildman–Crippen MR) is 115 cm³/mol. The van der Waals surface area contributed by atoms with Gasteiger partial charge >= 0.3 is 5.97 Å². The fourth-order valence-corrected chi connectivity index (χ4v) is 4.63. The molecule has 1 aliphatic rings. The molecule has 0 radical (unpaired) electrons. The number of hydrogen-bond acceptors (Lipinski definition) is 5. The van der Waals surface area contributed by atoms with Crippen LogP contribution in [0, 0.1) is 10.7 Å². The van der Waals surface area contributed by atoms with E-state index >= 15 is 0 Å². The molecule has 4 nitrogen and oxygen atoms in total. The summed E-state index contributed by atoms with van der Waals surface area (Å²) >= 11 is 1.04. The first-order chi connectivity index (χ1) is 14.2. The first kappa shape index (κ1) is 19.3. The van der Waals surface area contributed by atoms with Crippen LogP contribution < -0.4 is 5.32 Å². The summed E-state index contributed by atoms with van der Waals surface area (Å²) in [6.45, 7) is 0. The standard InChI is InChI=1S/C24H20N2O2S/c1-28-23(27)22(15-29-16-25)26-24(17-9-3-2-4-10-17)20-13-7-5-11-18(20)19-12-6-8-14-21(19)24/h2-14,22,26H,15H2,1H3/t22-/m1/s1. The average molecular weight is 401 g/mol. The quantitative estimate of drug-likeness (QED) is 0.494. The van der Waals surface area contributed by atoms with Crippen LogP contribution in [-0.4, -0.2) is 24.9 Å². The van der Waals surface area contributed by atoms with Gasteiger partial charge in [-0.2, -0.15) is 5.26 Å². The van der Waals surface area contributed by atoms with Gasteiger partial charge in [0, 0.05) is 5.75 Å². The van der Waals surface area contributed by atoms with Crippen molar-refractivity contribution in [2.24, 2.45) is 0 Å². The molecule has 0 amide bonds. The number of methoxy groups -OCH3 is 1. The molecule has 4 rings (SSSR count). The average Bonchev–Trinajstić information content (AvgIpc) is 3.07. The SMILES string of the molecule is COC(=O)[C@@H](CSC#N)NC1(c2ccccc2)c2ccccc2-c2ccccc21. The van der Waals surface area contributed by atoms with E-state index in [2.05, 4.69) is 47.1 Å². The molecule has 0 bridgehead atoms. The summed E-state index contributed by atoms with van der Waals surface area (Å²) in [6, 6.07) is 26.0. The summed E-state index contributed by atoms with van der Waals surface area (Å²) in [6.07, 6.45) is 0. The van der Waals surface area contributed by atoms with Crippen molar-refractivity contribution >= 4 is 17.7 Å². The van der Waals surface area contributed by atoms with E-state index in [9.17, 15) is 4.79 Å². The Labute approximate surface area is 174 Å². The fraction of sp³-hybridized carbons (Fsp3) is 0.167. The Bertz CT molecular complexity index is 1030. The van der Waals surface area contributed by atoms with E-state index < -0.39 is 11.6 Å². The second-order valence-corrected chi connectivity index (χ2v) is 7.63. The molecule has 1 N–H and O–H groups in total. The Morgan fingerprint density at radius 2 is 1.55 bits per heavy atom. The van der Waals surface area contributed by atoms with Gasteiger partial charge in [0.1, 0.15) is 11.4 Å². The Balaban J connectivity index is 1.96. The molecule has 0 aliphatic heterocycles. The van der Waals surface area contributed by atoms with Crippen LogP contribution in [0.25, 0.3) is 11.1 Å². The lowest BCUT2D eigenvalue weighted by molar-refractivity contribution is -0.142. The molecule has 0 aromatic heterocycles. The zero-order chi connectivity index (χ0) is 20.3. The minimum absolute atomic E-state index is 0.294. The minimum atomic E-state index is -0.719. The number of carbonyl (C=O) groups excluding carboxylic acids is 1. The first-order valence-electron chi connectivity index (χ1n) is 9.33. The van der Waals surface area contributed by atoms with E-state index in [4.69, 9.17) is 10.00 Å². The van der Waals surface area contributed by atoms with Crippen molar-refractivity contribution in [3.05, 3.63) is 95.6 Å². The summed E-state index contributed by atoms with van der Waals surface area (Å²) in [7, 11) is 1.37. The van der Waals surface area contributed by atoms with Crippen LogP contribution in [0.5, 0.6) is 0 Å². The van der Waals surface area contributed by atoms with Crippen LogP contribution in [0.1, 0.15) is 16.7 Å². The van der Waals surface area contributed by atoms with Gasteiger partial charge in [-0.05, 0) is 39.6 Å². The third-order valence-electron chi connectivity index (χ3n) is 5.35. The highest BCUT2D eigenvalue weighted by Gasteiger charge is 2.46. The maximum absolute atomic E-state index is 12.6. The van der Waals surface area contributed by atoms with Crippen molar-refractivity contribution in [3.63, 3.8) is 0 Å². The van der Waals surface area contributed by atoms with E-state index in [0.29, 0.717) is 5.75 Å². The van der Waals surface area contributed by atoms with Gasteiger partial charge in [0.15, 0.2) is 0 Å². The number of esters is 1. The Morgan fingerprint density at radius 1 is 1.00 bits per heavy atom. The molecular weight excluding hydrogens is 380 g/mol. The molecule has 0 fully saturated rings. The lowest BCUT2D eigenvalue weighted by atomic mass is 9.80. The number of fused-ring (bicyclic) bond motifs is 3. The molecule has 5 heteroatoms. The Kier molecular flexibility index (Phi) is 5.39. The highest BCUT2D eigenvalue weighted by atomic mass is 32.2. The summed E-state index contributed by atoms with van der Waals surface area (Å²) in [5.74, 6) is -0.0906. The zero-order valence-electron chi connectivity index (χ0n) is 16.0. The van der Waals surface area contributed by atoms with Gasteiger partial charge in [-0.25, -0.2) is 0 Å². The van der Waals surface area contributed by atoms with Crippen LogP contribution in [0.15, 0.2) is 78.9 Å². The van der Waals surface area contributed by atoms with E-state index in [0.717, 1.165) is 39.6 Å². The molecular formula is C24H20N2O2S. The number of nitrogens with one attached hydrogen (secondary N) is 1. The molecule has 0 heterocycles. The van der Waals surface area contributed by atoms with Gasteiger partial charge in [0.05, 0.1) is 12.6 Å². The summed E-state index contributed by atoms with van der Waals surface area (Å²) in [5.41, 5.74) is 4.76. The van der Waals surface area contributed by atoms with Crippen LogP contribution in [-0.2, 0) is 15.1 Å². The van der Waals surface area contributed by atoms with Crippen molar-refractivity contribution in [2.45, 2.75) is 11.6 Å². The molecule has 0 saturated heterocycles. The van der Waals surface area contributed by atoms with Crippen molar-refractivity contribution in [2.75, 3.05) is 12.9 Å². The van der Waals surface area contributed by atoms with Gasteiger partial charge in [-0.1, -0.05) is 78.9 Å². The molecule has 144 valence electrons. The summed E-state index contributed by atoms with van der Waals surface area (Å²) in [5, 5.41) is 14.7. The lowest BCUT2D eigenvalue weighted by Gasteiger charge is -2.36. The normalized spacial score (nSPS) is 14.3. The number of thioether (sulfide) groups is 1. The van der Waals surface area contributed by atoms with Crippen molar-refractivity contribution < 1.29 is 9.53 Å². The highest BCUT2D eigenvalue weighted by Crippen LogP contribution is 2.51. The van der Waals surface area contributed by atoms with Crippen molar-refractivity contribution in [1.82, 2.24) is 5.32 Å². The molecule has 0 saturated carbocycles. The number of thiocyanates is 1. The number of nitrogens with zero attached hydrogens (tertiary/aromatic N) is 1. The molecule has 1 atom stereocenters. The smallest absolute Gasteiger partial charge is 0.323 e. The van der Waals surface area contributed by atoms with E-state index in [1.165, 1.54) is 7.11 Å². The van der Waals surface area contributed by atoms with Gasteiger partial charge in [-0.15, -0.1) is 0 Å². The largest absolute Gasteiger partial charge is 0.468 e. The van der Waals surface area contributed by atoms with Crippen LogP contribution in [0.3, 0.4) is 0 Å². The number of ether oxygens (including phenoxy) is 1. The van der Waals surface area contributed by atoms with Gasteiger partial charge in [-0.3, -0.25) is 10.1 Å². The zero-order valence-corrected chi connectivity index (χ0v) is 16.8. The van der Waals surface area contributed by atoms with Gasteiger partial charge in [0.25, 0.3) is 0 Å². The van der Waals surface area contributed by atoms with E-state index in [1.807, 2.05) is 42.5 Å². The number of rotatable bonds is 6. The number of hydrogen-bond donors (Lipinski definition) is 1. The molecule has 0 spiro atoms. The Morgan fingerprint density at radius 3 is 2.10 bits per heavy atom. The number of carbonyl (C=O) groups is 1. The monoisotopic (exact) mass is 400 g/mol. The minimum Gasteiger partial charge on any atom is -0.468 e. The van der Waals surface area contributed by atoms with Gasteiger partial charge in [0.2, 0.25) is 0 Å². The van der Waals surface area contributed by atoms with E-state index in [-0.39, 0.29) is 5.97 Å². The molecule has 29 heavy (non-hydrogen) atoms. The maximum Gasteiger partial charge on any atom is 0.323 e. The predicted octanol–water partition coefficient (Wildman–Crippen LogP) is 4.30. The Hall–Kier alpha value is -3.07. The van der Waals surface area contributed by atoms with Crippen LogP contribution in [0.2, 0.25) is 0 Å². The van der Waals surface area contributed by atoms with Crippen LogP contribution in [0.4, 0.5) is 0 Å². The van der Waals surface area contributed by atoms with Crippen molar-refractivity contribution in [3.8, 4) is 16.5 Å².